The average molecular weight is 246 g/mol. The summed E-state index contributed by atoms with van der Waals surface area (Å²) in [5.74, 6) is -2.29. The quantitative estimate of drug-likeness (QED) is 0.602. The third kappa shape index (κ3) is 2.45. The van der Waals surface area contributed by atoms with Crippen LogP contribution in [0.25, 0.3) is 0 Å². The van der Waals surface area contributed by atoms with Crippen molar-refractivity contribution in [2.75, 3.05) is 0 Å². The molecule has 0 saturated heterocycles. The third-order valence-corrected chi connectivity index (χ3v) is 1.83. The maximum Gasteiger partial charge on any atom is 0.419 e. The lowest BCUT2D eigenvalue weighted by Crippen LogP contribution is -2.15. The molecule has 0 saturated carbocycles. The molecule has 0 aliphatic carbocycles. The molecule has 0 amide bonds. The summed E-state index contributed by atoms with van der Waals surface area (Å²) in [5, 5.41) is 0. The van der Waals surface area contributed by atoms with Crippen LogP contribution in [0.5, 0.6) is 0 Å². The van der Waals surface area contributed by atoms with Crippen molar-refractivity contribution < 1.29 is 30.7 Å². The van der Waals surface area contributed by atoms with E-state index in [0.717, 1.165) is 6.92 Å². The first-order valence-electron chi connectivity index (χ1n) is 3.98. The second-order valence-corrected chi connectivity index (χ2v) is 3.17. The fraction of sp³-hybridized carbons (Fsp3) is 0.333. The van der Waals surface area contributed by atoms with Crippen LogP contribution in [0.1, 0.15) is 16.7 Å². The van der Waals surface area contributed by atoms with E-state index in [9.17, 15) is 30.7 Å². The Bertz CT molecular complexity index is 364. The number of aryl methyl sites for hydroxylation is 1. The topological polar surface area (TPSA) is 0 Å². The molecule has 0 atom stereocenters. The van der Waals surface area contributed by atoms with Crippen LogP contribution in [0.15, 0.2) is 12.1 Å². The van der Waals surface area contributed by atoms with Crippen LogP contribution in [0.2, 0.25) is 0 Å². The smallest absolute Gasteiger partial charge is 0.206 e. The number of hydrogen-bond acceptors (Lipinski definition) is 0. The summed E-state index contributed by atoms with van der Waals surface area (Å²) in [4.78, 5) is 0. The van der Waals surface area contributed by atoms with Crippen molar-refractivity contribution in [1.29, 1.82) is 0 Å². The van der Waals surface area contributed by atoms with E-state index >= 15 is 0 Å². The van der Waals surface area contributed by atoms with Gasteiger partial charge in [-0.3, -0.25) is 0 Å². The van der Waals surface area contributed by atoms with E-state index in [-0.39, 0.29) is 5.56 Å². The van der Waals surface area contributed by atoms with Crippen LogP contribution in [-0.2, 0) is 12.4 Å². The van der Waals surface area contributed by atoms with Gasteiger partial charge in [0.1, 0.15) is 5.82 Å². The number of hydrogen-bond donors (Lipinski definition) is 0. The molecular weight excluding hydrogens is 241 g/mol. The van der Waals surface area contributed by atoms with E-state index in [2.05, 4.69) is 0 Å². The molecule has 0 fully saturated rings. The molecule has 7 heteroatoms. The van der Waals surface area contributed by atoms with Gasteiger partial charge in [-0.25, -0.2) is 4.39 Å². The van der Waals surface area contributed by atoms with Gasteiger partial charge in [-0.2, -0.15) is 26.3 Å². The van der Waals surface area contributed by atoms with Crippen LogP contribution < -0.4 is 0 Å². The van der Waals surface area contributed by atoms with Gasteiger partial charge in [0.25, 0.3) is 0 Å². The second kappa shape index (κ2) is 3.64. The van der Waals surface area contributed by atoms with E-state index in [1.165, 1.54) is 0 Å². The van der Waals surface area contributed by atoms with Gasteiger partial charge in [-0.1, -0.05) is 0 Å². The summed E-state index contributed by atoms with van der Waals surface area (Å²) in [7, 11) is 0. The summed E-state index contributed by atoms with van der Waals surface area (Å²) < 4.78 is 86.1. The van der Waals surface area contributed by atoms with Crippen molar-refractivity contribution in [3.05, 3.63) is 34.6 Å². The van der Waals surface area contributed by atoms with Crippen molar-refractivity contribution in [3.8, 4) is 0 Å². The Morgan fingerprint density at radius 3 is 1.38 bits per heavy atom. The molecule has 0 nitrogen and oxygen atoms in total. The van der Waals surface area contributed by atoms with Gasteiger partial charge in [-0.15, -0.1) is 0 Å². The summed E-state index contributed by atoms with van der Waals surface area (Å²) in [6.45, 7) is 1.03. The number of rotatable bonds is 0. The lowest BCUT2D eigenvalue weighted by molar-refractivity contribution is -0.147. The van der Waals surface area contributed by atoms with Gasteiger partial charge >= 0.3 is 12.4 Å². The molecular formula is C9H5F7. The Morgan fingerprint density at radius 2 is 1.12 bits per heavy atom. The van der Waals surface area contributed by atoms with Gasteiger partial charge in [0.2, 0.25) is 0 Å². The summed E-state index contributed by atoms with van der Waals surface area (Å²) in [5.41, 5.74) is -4.11. The number of halogens is 7. The Hall–Kier alpha value is -1.27. The third-order valence-electron chi connectivity index (χ3n) is 1.83. The average Bonchev–Trinajstić information content (AvgIpc) is 2.04. The highest BCUT2D eigenvalue weighted by molar-refractivity contribution is 5.34. The maximum atomic E-state index is 13.0. The Balaban J connectivity index is 3.51. The molecule has 0 aliphatic rings. The molecule has 0 aliphatic heterocycles. The van der Waals surface area contributed by atoms with Crippen molar-refractivity contribution >= 4 is 0 Å². The molecule has 0 N–H and O–H groups in total. The fourth-order valence-corrected chi connectivity index (χ4v) is 1.18. The zero-order valence-corrected chi connectivity index (χ0v) is 7.80. The molecule has 1 aromatic carbocycles. The highest BCUT2D eigenvalue weighted by Gasteiger charge is 2.41. The van der Waals surface area contributed by atoms with Crippen LogP contribution in [-0.4, -0.2) is 0 Å². The molecule has 16 heavy (non-hydrogen) atoms. The van der Waals surface area contributed by atoms with E-state index in [0.29, 0.717) is 12.1 Å². The minimum Gasteiger partial charge on any atom is -0.206 e. The lowest BCUT2D eigenvalue weighted by Gasteiger charge is -2.14. The van der Waals surface area contributed by atoms with Crippen molar-refractivity contribution in [2.45, 2.75) is 19.3 Å². The first-order chi connectivity index (χ1) is 7.03. The summed E-state index contributed by atoms with van der Waals surface area (Å²) in [6, 6.07) is 0.676. The second-order valence-electron chi connectivity index (χ2n) is 3.17. The van der Waals surface area contributed by atoms with Crippen molar-refractivity contribution in [3.63, 3.8) is 0 Å². The molecule has 0 spiro atoms. The molecule has 0 radical (unpaired) electrons. The predicted octanol–water partition coefficient (Wildman–Crippen LogP) is 4.17. The predicted molar refractivity (Wildman–Crippen MR) is 41.1 cm³/mol. The van der Waals surface area contributed by atoms with E-state index < -0.39 is 29.3 Å². The van der Waals surface area contributed by atoms with Crippen molar-refractivity contribution in [1.82, 2.24) is 0 Å². The van der Waals surface area contributed by atoms with Gasteiger partial charge < -0.3 is 0 Å². The van der Waals surface area contributed by atoms with Crippen molar-refractivity contribution in [2.24, 2.45) is 0 Å². The highest BCUT2D eigenvalue weighted by atomic mass is 19.4. The zero-order chi connectivity index (χ0) is 12.7. The van der Waals surface area contributed by atoms with E-state index in [1.54, 1.807) is 0 Å². The first kappa shape index (κ1) is 12.8. The van der Waals surface area contributed by atoms with E-state index in [4.69, 9.17) is 0 Å². The Kier molecular flexibility index (Phi) is 2.91. The number of benzene rings is 1. The molecule has 0 unspecified atom stereocenters. The first-order valence-corrected chi connectivity index (χ1v) is 3.98. The normalized spacial score (nSPS) is 13.0. The van der Waals surface area contributed by atoms with Crippen LogP contribution in [0.3, 0.4) is 0 Å². The van der Waals surface area contributed by atoms with E-state index in [1.807, 2.05) is 0 Å². The monoisotopic (exact) mass is 246 g/mol. The highest BCUT2D eigenvalue weighted by Crippen LogP contribution is 2.38. The molecule has 0 bridgehead atoms. The Morgan fingerprint density at radius 1 is 0.812 bits per heavy atom. The van der Waals surface area contributed by atoms with Gasteiger partial charge in [0.15, 0.2) is 0 Å². The van der Waals surface area contributed by atoms with Crippen LogP contribution >= 0.6 is 0 Å². The molecule has 90 valence electrons. The van der Waals surface area contributed by atoms with Gasteiger partial charge in [-0.05, 0) is 24.6 Å². The molecule has 1 aromatic rings. The minimum absolute atomic E-state index is 0.305. The van der Waals surface area contributed by atoms with Crippen LogP contribution in [0, 0.1) is 12.7 Å². The summed E-state index contributed by atoms with van der Waals surface area (Å²) >= 11 is 0. The summed E-state index contributed by atoms with van der Waals surface area (Å²) in [6.07, 6.45) is -10.3. The van der Waals surface area contributed by atoms with Gasteiger partial charge in [0, 0.05) is 0 Å². The number of alkyl halides is 6. The SMILES string of the molecule is Cc1cc(C(F)(F)F)c(F)c(C(F)(F)F)c1. The molecule has 0 aromatic heterocycles. The zero-order valence-electron chi connectivity index (χ0n) is 7.80. The van der Waals surface area contributed by atoms with Gasteiger partial charge in [0.05, 0.1) is 11.1 Å². The standard InChI is InChI=1S/C9H5F7/c1-4-2-5(8(11,12)13)7(10)6(3-4)9(14,15)16/h2-3H,1H3. The fourth-order valence-electron chi connectivity index (χ4n) is 1.18. The maximum absolute atomic E-state index is 13.0. The minimum atomic E-state index is -5.14. The van der Waals surface area contributed by atoms with Crippen LogP contribution in [0.4, 0.5) is 30.7 Å². The lowest BCUT2D eigenvalue weighted by atomic mass is 10.0. The molecule has 0 heterocycles. The Labute approximate surface area is 85.7 Å². The largest absolute Gasteiger partial charge is 0.419 e. The molecule has 1 rings (SSSR count).